The van der Waals surface area contributed by atoms with Gasteiger partial charge in [0.2, 0.25) is 7.37 Å². The molecule has 0 spiro atoms. The molecule has 0 aliphatic carbocycles. The van der Waals surface area contributed by atoms with Crippen LogP contribution in [0.1, 0.15) is 27.7 Å². The zero-order chi connectivity index (χ0) is 10.5. The van der Waals surface area contributed by atoms with E-state index in [4.69, 9.17) is 16.1 Å². The summed E-state index contributed by atoms with van der Waals surface area (Å²) >= 11 is 5.40. The smallest absolute Gasteiger partial charge is 0.206 e. The summed E-state index contributed by atoms with van der Waals surface area (Å²) in [5.41, 5.74) is 0. The van der Waals surface area contributed by atoms with Crippen molar-refractivity contribution in [1.82, 2.24) is 0 Å². The minimum Gasteiger partial charge on any atom is -0.296 e. The Hall–Kier alpha value is 0.840. The Kier molecular flexibility index (Phi) is 6.02. The zero-order valence-electron chi connectivity index (χ0n) is 8.95. The third-order valence-electron chi connectivity index (χ3n) is 2.22. The highest BCUT2D eigenvalue weighted by Crippen LogP contribution is 2.62. The van der Waals surface area contributed by atoms with Crippen LogP contribution in [0.3, 0.4) is 0 Å². The number of hydrogen-bond acceptors (Lipinski definition) is 3. The van der Waals surface area contributed by atoms with Crippen molar-refractivity contribution in [2.24, 2.45) is 0 Å². The minimum absolute atomic E-state index is 0.613. The quantitative estimate of drug-likeness (QED) is 0.663. The Morgan fingerprint density at radius 3 is 1.62 bits per heavy atom. The van der Waals surface area contributed by atoms with Crippen molar-refractivity contribution in [2.45, 2.75) is 27.7 Å². The fraction of sp³-hybridized carbons (Fsp3) is 1.00. The molecule has 80 valence electrons. The Morgan fingerprint density at radius 2 is 1.38 bits per heavy atom. The maximum Gasteiger partial charge on any atom is 0.206 e. The van der Waals surface area contributed by atoms with Crippen molar-refractivity contribution in [3.63, 3.8) is 0 Å². The molecule has 0 aromatic rings. The molecule has 0 N–H and O–H groups in total. The molecule has 0 amide bonds. The monoisotopic (exact) mass is 242 g/mol. The van der Waals surface area contributed by atoms with E-state index in [1.165, 1.54) is 0 Å². The van der Waals surface area contributed by atoms with E-state index in [1.807, 2.05) is 27.7 Å². The molecule has 0 aromatic heterocycles. The van der Waals surface area contributed by atoms with E-state index in [-0.39, 0.29) is 0 Å². The molecule has 0 atom stereocenters. The number of rotatable bonds is 6. The Bertz CT molecular complexity index is 200. The summed E-state index contributed by atoms with van der Waals surface area (Å²) in [7, 11) is -2.39. The lowest BCUT2D eigenvalue weighted by molar-refractivity contribution is 0.504. The van der Waals surface area contributed by atoms with Gasteiger partial charge < -0.3 is 0 Å². The molecule has 0 rings (SSSR count). The van der Waals surface area contributed by atoms with Gasteiger partial charge >= 0.3 is 0 Å². The predicted octanol–water partition coefficient (Wildman–Crippen LogP) is 3.76. The van der Waals surface area contributed by atoms with E-state index in [2.05, 4.69) is 0 Å². The summed E-state index contributed by atoms with van der Waals surface area (Å²) in [6.45, 7) is 7.88. The second kappa shape index (κ2) is 5.66. The van der Waals surface area contributed by atoms with Gasteiger partial charge in [-0.05, 0) is 12.3 Å². The van der Waals surface area contributed by atoms with Crippen LogP contribution in [0.15, 0.2) is 0 Å². The molecule has 0 fully saturated rings. The van der Waals surface area contributed by atoms with Crippen LogP contribution in [0.25, 0.3) is 0 Å². The van der Waals surface area contributed by atoms with Crippen LogP contribution in [0, 0.1) is 0 Å². The van der Waals surface area contributed by atoms with Gasteiger partial charge in [-0.3, -0.25) is 8.88 Å². The van der Waals surface area contributed by atoms with E-state index in [9.17, 15) is 4.57 Å². The summed E-state index contributed by atoms with van der Waals surface area (Å²) in [4.78, 5) is 0. The molecule has 0 radical (unpaired) electrons. The van der Waals surface area contributed by atoms with Gasteiger partial charge in [0.05, 0.1) is 6.26 Å². The van der Waals surface area contributed by atoms with Gasteiger partial charge in [0, 0.05) is 12.3 Å². The first-order valence-electron chi connectivity index (χ1n) is 4.82. The largest absolute Gasteiger partial charge is 0.296 e. The molecule has 0 heterocycles. The van der Waals surface area contributed by atoms with E-state index >= 15 is 0 Å². The highest BCUT2D eigenvalue weighted by atomic mass is 32.4. The molecule has 0 aliphatic rings. The van der Waals surface area contributed by atoms with E-state index in [0.717, 1.165) is 12.3 Å². The summed E-state index contributed by atoms with van der Waals surface area (Å²) in [5, 5.41) is 0. The molecular weight excluding hydrogens is 222 g/mol. The average Bonchev–Trinajstić information content (AvgIpc) is 2.17. The zero-order valence-corrected chi connectivity index (χ0v) is 11.6. The van der Waals surface area contributed by atoms with Gasteiger partial charge in [0.15, 0.2) is 0 Å². The minimum atomic E-state index is -2.39. The van der Waals surface area contributed by atoms with Crippen LogP contribution in [-0.4, -0.2) is 24.6 Å². The summed E-state index contributed by atoms with van der Waals surface area (Å²) < 4.78 is 17.7. The molecule has 0 saturated heterocycles. The molecule has 0 saturated carbocycles. The molecule has 2 nitrogen and oxygen atoms in total. The highest BCUT2D eigenvalue weighted by molar-refractivity contribution is 8.13. The van der Waals surface area contributed by atoms with Gasteiger partial charge in [0.25, 0.3) is 0 Å². The molecule has 5 heteroatoms. The summed E-state index contributed by atoms with van der Waals surface area (Å²) in [6, 6.07) is 0. The van der Waals surface area contributed by atoms with Crippen molar-refractivity contribution >= 4 is 25.4 Å². The Balaban J connectivity index is 4.57. The first-order valence-corrected chi connectivity index (χ1v) is 9.91. The van der Waals surface area contributed by atoms with Crippen LogP contribution in [-0.2, 0) is 20.7 Å². The molecule has 13 heavy (non-hydrogen) atoms. The standard InChI is InChI=1S/C8H20O2P2S/c1-5-11(9,6-2)10-12(13,7-3)8-4/h5-8H2,1-4H3. The van der Waals surface area contributed by atoms with Gasteiger partial charge in [-0.1, -0.05) is 39.5 Å². The fourth-order valence-corrected chi connectivity index (χ4v) is 6.95. The van der Waals surface area contributed by atoms with E-state index in [1.54, 1.807) is 0 Å². The summed E-state index contributed by atoms with van der Waals surface area (Å²) in [5.74, 6) is 0. The van der Waals surface area contributed by atoms with Crippen molar-refractivity contribution in [3.8, 4) is 0 Å². The lowest BCUT2D eigenvalue weighted by Gasteiger charge is -2.24. The second-order valence-electron chi connectivity index (χ2n) is 2.98. The van der Waals surface area contributed by atoms with Crippen LogP contribution in [0.5, 0.6) is 0 Å². The average molecular weight is 242 g/mol. The van der Waals surface area contributed by atoms with Gasteiger partial charge in [0.1, 0.15) is 0 Å². The molecule has 0 unspecified atom stereocenters. The summed E-state index contributed by atoms with van der Waals surface area (Å²) in [6.07, 6.45) is 1.16. The van der Waals surface area contributed by atoms with Crippen LogP contribution in [0.4, 0.5) is 0 Å². The molecular formula is C8H20O2P2S. The Morgan fingerprint density at radius 1 is 1.00 bits per heavy atom. The maximum atomic E-state index is 12.0. The fourth-order valence-electron chi connectivity index (χ4n) is 0.949. The van der Waals surface area contributed by atoms with E-state index in [0.29, 0.717) is 12.3 Å². The molecule has 0 aliphatic heterocycles. The second-order valence-corrected chi connectivity index (χ2v) is 11.4. The maximum absolute atomic E-state index is 12.0. The van der Waals surface area contributed by atoms with Crippen molar-refractivity contribution in [3.05, 3.63) is 0 Å². The van der Waals surface area contributed by atoms with Crippen LogP contribution < -0.4 is 0 Å². The van der Waals surface area contributed by atoms with Crippen LogP contribution in [0.2, 0.25) is 0 Å². The normalized spacial score (nSPS) is 13.2. The topological polar surface area (TPSA) is 26.3 Å². The van der Waals surface area contributed by atoms with Gasteiger partial charge in [-0.15, -0.1) is 0 Å². The van der Waals surface area contributed by atoms with Gasteiger partial charge in [-0.25, -0.2) is 0 Å². The first kappa shape index (κ1) is 13.8. The first-order chi connectivity index (χ1) is 5.95. The molecule has 0 bridgehead atoms. The lowest BCUT2D eigenvalue weighted by atomic mass is 11.0. The highest BCUT2D eigenvalue weighted by Gasteiger charge is 2.25. The van der Waals surface area contributed by atoms with Crippen molar-refractivity contribution in [2.75, 3.05) is 24.6 Å². The lowest BCUT2D eigenvalue weighted by Crippen LogP contribution is -1.98. The van der Waals surface area contributed by atoms with Crippen molar-refractivity contribution in [1.29, 1.82) is 0 Å². The number of hydrogen-bond donors (Lipinski definition) is 0. The third-order valence-corrected chi connectivity index (χ3v) is 10.6. The Labute approximate surface area is 87.0 Å². The SMILES string of the molecule is CCP(=O)(CC)OP(=S)(CC)CC. The van der Waals surface area contributed by atoms with Crippen molar-refractivity contribution < 1.29 is 8.88 Å². The van der Waals surface area contributed by atoms with Gasteiger partial charge in [-0.2, -0.15) is 0 Å². The van der Waals surface area contributed by atoms with E-state index < -0.39 is 13.6 Å². The molecule has 0 aromatic carbocycles. The van der Waals surface area contributed by atoms with Crippen LogP contribution >= 0.6 is 13.6 Å². The third kappa shape index (κ3) is 4.25. The predicted molar refractivity (Wildman–Crippen MR) is 65.1 cm³/mol.